The molecule has 0 aliphatic heterocycles. The molecule has 1 atom stereocenters. The fourth-order valence-electron chi connectivity index (χ4n) is 2.94. The summed E-state index contributed by atoms with van der Waals surface area (Å²) in [5.74, 6) is -0.613. The van der Waals surface area contributed by atoms with Gasteiger partial charge in [0.05, 0.1) is 17.3 Å². The molecule has 0 saturated carbocycles. The van der Waals surface area contributed by atoms with Crippen LogP contribution in [0.4, 0.5) is 20.4 Å². The highest BCUT2D eigenvalue weighted by Crippen LogP contribution is 2.30. The molecule has 0 unspecified atom stereocenters. The summed E-state index contributed by atoms with van der Waals surface area (Å²) in [5, 5.41) is 7.49. The smallest absolute Gasteiger partial charge is 0.186 e. The van der Waals surface area contributed by atoms with Gasteiger partial charge in [0.25, 0.3) is 0 Å². The van der Waals surface area contributed by atoms with Gasteiger partial charge in [-0.2, -0.15) is 0 Å². The number of anilines is 2. The van der Waals surface area contributed by atoms with E-state index in [0.29, 0.717) is 28.3 Å². The molecule has 1 aromatic carbocycles. The lowest BCUT2D eigenvalue weighted by Crippen LogP contribution is -2.10. The minimum Gasteiger partial charge on any atom is -0.382 e. The van der Waals surface area contributed by atoms with Gasteiger partial charge in [-0.05, 0) is 19.1 Å². The van der Waals surface area contributed by atoms with Gasteiger partial charge in [0.1, 0.15) is 17.5 Å². The zero-order valence-corrected chi connectivity index (χ0v) is 15.5. The summed E-state index contributed by atoms with van der Waals surface area (Å²) in [6.07, 6.45) is 3.35. The number of rotatable bonds is 4. The number of aromatic nitrogens is 5. The lowest BCUT2D eigenvalue weighted by molar-refractivity contribution is 0.566. The standard InChI is InChI=1S/C18H15F2N7S/c1-9(11-4-3-10(19)7-12(11)20)23-14-8-13(24-18(28)25-14)15-16(21)26-27-6-2-5-22-17(15)27/h2-9H,1H3,(H2,21,26)(H2,23,24,25,28)/t9-/m0/s1. The van der Waals surface area contributed by atoms with Gasteiger partial charge >= 0.3 is 0 Å². The maximum absolute atomic E-state index is 14.0. The van der Waals surface area contributed by atoms with Crippen LogP contribution in [0.2, 0.25) is 0 Å². The maximum atomic E-state index is 14.0. The molecule has 3 aromatic heterocycles. The lowest BCUT2D eigenvalue weighted by atomic mass is 10.1. The Bertz CT molecular complexity index is 1180. The second-order valence-corrected chi connectivity index (χ2v) is 6.52. The third-order valence-electron chi connectivity index (χ3n) is 4.19. The lowest BCUT2D eigenvalue weighted by Gasteiger charge is -2.16. The molecule has 0 amide bonds. The number of thiol groups is 1. The van der Waals surface area contributed by atoms with Gasteiger partial charge in [0, 0.05) is 30.1 Å². The zero-order chi connectivity index (χ0) is 19.8. The number of benzene rings is 1. The molecule has 3 heterocycles. The molecule has 3 N–H and O–H groups in total. The highest BCUT2D eigenvalue weighted by Gasteiger charge is 2.18. The van der Waals surface area contributed by atoms with E-state index in [1.54, 1.807) is 36.0 Å². The maximum Gasteiger partial charge on any atom is 0.186 e. The highest BCUT2D eigenvalue weighted by molar-refractivity contribution is 7.80. The first-order valence-corrected chi connectivity index (χ1v) is 8.76. The summed E-state index contributed by atoms with van der Waals surface area (Å²) < 4.78 is 28.7. The second-order valence-electron chi connectivity index (χ2n) is 6.12. The van der Waals surface area contributed by atoms with Crippen molar-refractivity contribution in [3.8, 4) is 11.3 Å². The van der Waals surface area contributed by atoms with Crippen molar-refractivity contribution in [3.63, 3.8) is 0 Å². The molecule has 0 spiro atoms. The van der Waals surface area contributed by atoms with Crippen LogP contribution in [0.25, 0.3) is 16.9 Å². The zero-order valence-electron chi connectivity index (χ0n) is 14.6. The highest BCUT2D eigenvalue weighted by atomic mass is 32.1. The SMILES string of the molecule is C[C@H](Nc1cc(-c2c(N)nn3cccnc23)nc(S)n1)c1ccc(F)cc1F. The van der Waals surface area contributed by atoms with Crippen LogP contribution >= 0.6 is 12.6 Å². The summed E-state index contributed by atoms with van der Waals surface area (Å²) >= 11 is 4.25. The predicted molar refractivity (Wildman–Crippen MR) is 104 cm³/mol. The molecule has 28 heavy (non-hydrogen) atoms. The molecule has 0 fully saturated rings. The number of hydrogen-bond donors (Lipinski definition) is 3. The van der Waals surface area contributed by atoms with Crippen LogP contribution in [0.3, 0.4) is 0 Å². The number of nitrogens with two attached hydrogens (primary N) is 1. The molecule has 0 saturated heterocycles. The van der Waals surface area contributed by atoms with Crippen molar-refractivity contribution in [2.75, 3.05) is 11.1 Å². The molecule has 4 rings (SSSR count). The van der Waals surface area contributed by atoms with E-state index in [0.717, 1.165) is 6.07 Å². The third-order valence-corrected chi connectivity index (χ3v) is 4.39. The van der Waals surface area contributed by atoms with E-state index in [-0.39, 0.29) is 11.0 Å². The number of nitrogens with one attached hydrogen (secondary N) is 1. The van der Waals surface area contributed by atoms with E-state index in [2.05, 4.69) is 38.0 Å². The number of halogens is 2. The molecule has 0 aliphatic rings. The monoisotopic (exact) mass is 399 g/mol. The van der Waals surface area contributed by atoms with Crippen molar-refractivity contribution in [1.82, 2.24) is 24.6 Å². The second kappa shape index (κ2) is 7.04. The predicted octanol–water partition coefficient (Wildman–Crippen LogP) is 3.51. The molecule has 142 valence electrons. The first-order valence-electron chi connectivity index (χ1n) is 8.31. The number of hydrogen-bond acceptors (Lipinski definition) is 7. The Labute approximate surface area is 164 Å². The van der Waals surface area contributed by atoms with Crippen molar-refractivity contribution in [2.24, 2.45) is 0 Å². The van der Waals surface area contributed by atoms with Crippen molar-refractivity contribution in [3.05, 3.63) is 59.9 Å². The Morgan fingerprint density at radius 3 is 2.82 bits per heavy atom. The van der Waals surface area contributed by atoms with Crippen LogP contribution in [0.5, 0.6) is 0 Å². The van der Waals surface area contributed by atoms with Gasteiger partial charge in [0.2, 0.25) is 0 Å². The topological polar surface area (TPSA) is 94.0 Å². The first kappa shape index (κ1) is 18.1. The van der Waals surface area contributed by atoms with Gasteiger partial charge < -0.3 is 11.1 Å². The van der Waals surface area contributed by atoms with E-state index >= 15 is 0 Å². The van der Waals surface area contributed by atoms with E-state index in [4.69, 9.17) is 5.73 Å². The summed E-state index contributed by atoms with van der Waals surface area (Å²) in [4.78, 5) is 12.8. The molecule has 0 radical (unpaired) electrons. The van der Waals surface area contributed by atoms with E-state index in [1.807, 2.05) is 0 Å². The fraction of sp³-hybridized carbons (Fsp3) is 0.111. The van der Waals surface area contributed by atoms with Crippen LogP contribution in [0.15, 0.2) is 47.9 Å². The minimum absolute atomic E-state index is 0.196. The van der Waals surface area contributed by atoms with Crippen LogP contribution in [0.1, 0.15) is 18.5 Å². The molecular weight excluding hydrogens is 384 g/mol. The summed E-state index contributed by atoms with van der Waals surface area (Å²) in [6.45, 7) is 1.74. The minimum atomic E-state index is -0.642. The van der Waals surface area contributed by atoms with Crippen molar-refractivity contribution >= 4 is 29.9 Å². The molecule has 0 bridgehead atoms. The number of nitrogen functional groups attached to an aromatic ring is 1. The van der Waals surface area contributed by atoms with Gasteiger partial charge in [0.15, 0.2) is 16.6 Å². The van der Waals surface area contributed by atoms with Crippen LogP contribution < -0.4 is 11.1 Å². The molecule has 0 aliphatic carbocycles. The fourth-order valence-corrected chi connectivity index (χ4v) is 3.15. The first-order chi connectivity index (χ1) is 13.4. The van der Waals surface area contributed by atoms with Crippen molar-refractivity contribution in [1.29, 1.82) is 0 Å². The molecular formula is C18H15F2N7S. The van der Waals surface area contributed by atoms with Crippen molar-refractivity contribution in [2.45, 2.75) is 18.1 Å². The largest absolute Gasteiger partial charge is 0.382 e. The molecule has 10 heteroatoms. The van der Waals surface area contributed by atoms with Gasteiger partial charge in [-0.25, -0.2) is 28.2 Å². The Hall–Kier alpha value is -3.27. The van der Waals surface area contributed by atoms with Crippen LogP contribution in [-0.4, -0.2) is 24.6 Å². The van der Waals surface area contributed by atoms with E-state index < -0.39 is 17.7 Å². The Kier molecular flexibility index (Phi) is 4.55. The van der Waals surface area contributed by atoms with Crippen molar-refractivity contribution < 1.29 is 8.78 Å². The molecule has 4 aromatic rings. The Morgan fingerprint density at radius 2 is 2.04 bits per heavy atom. The average molecular weight is 399 g/mol. The third kappa shape index (κ3) is 3.33. The van der Waals surface area contributed by atoms with Crippen LogP contribution in [0, 0.1) is 11.6 Å². The van der Waals surface area contributed by atoms with Gasteiger partial charge in [-0.3, -0.25) is 0 Å². The van der Waals surface area contributed by atoms with E-state index in [9.17, 15) is 8.78 Å². The Morgan fingerprint density at radius 1 is 1.21 bits per heavy atom. The van der Waals surface area contributed by atoms with Gasteiger partial charge in [-0.1, -0.05) is 6.07 Å². The summed E-state index contributed by atoms with van der Waals surface area (Å²) in [6, 6.07) is 6.35. The summed E-state index contributed by atoms with van der Waals surface area (Å²) in [5.41, 5.74) is 7.91. The quantitative estimate of drug-likeness (QED) is 0.359. The van der Waals surface area contributed by atoms with E-state index in [1.165, 1.54) is 12.1 Å². The van der Waals surface area contributed by atoms with Crippen LogP contribution in [-0.2, 0) is 0 Å². The summed E-state index contributed by atoms with van der Waals surface area (Å²) in [7, 11) is 0. The normalized spacial score (nSPS) is 12.3. The number of nitrogens with zero attached hydrogens (tertiary/aromatic N) is 5. The number of fused-ring (bicyclic) bond motifs is 1. The average Bonchev–Trinajstić information content (AvgIpc) is 2.96. The van der Waals surface area contributed by atoms with Gasteiger partial charge in [-0.15, -0.1) is 17.7 Å². The Balaban J connectivity index is 1.72. The molecule has 7 nitrogen and oxygen atoms in total.